The van der Waals surface area contributed by atoms with Gasteiger partial charge in [-0.05, 0) is 56.3 Å². The van der Waals surface area contributed by atoms with Gasteiger partial charge in [-0.1, -0.05) is 0 Å². The van der Waals surface area contributed by atoms with Crippen molar-refractivity contribution in [3.8, 4) is 11.5 Å². The zero-order valence-electron chi connectivity index (χ0n) is 14.0. The van der Waals surface area contributed by atoms with Gasteiger partial charge in [0, 0.05) is 5.69 Å². The number of carbonyl (C=O) groups is 1. The average molecular weight is 364 g/mol. The number of hydrogen-bond acceptors (Lipinski definition) is 5. The Hall–Kier alpha value is -2.74. The van der Waals surface area contributed by atoms with Gasteiger partial charge < -0.3 is 15.2 Å². The molecule has 0 aromatic heterocycles. The highest BCUT2D eigenvalue weighted by atomic mass is 32.2. The normalized spacial score (nSPS) is 11.0. The zero-order chi connectivity index (χ0) is 18.4. The summed E-state index contributed by atoms with van der Waals surface area (Å²) in [4.78, 5) is 11.5. The van der Waals surface area contributed by atoms with Gasteiger partial charge in [0.25, 0.3) is 15.9 Å². The van der Waals surface area contributed by atoms with Crippen LogP contribution in [0.2, 0.25) is 0 Å². The number of carbonyl (C=O) groups excluding carboxylic acids is 1. The van der Waals surface area contributed by atoms with Crippen LogP contribution in [0, 0.1) is 0 Å². The summed E-state index contributed by atoms with van der Waals surface area (Å²) >= 11 is 0. The molecule has 0 aliphatic rings. The van der Waals surface area contributed by atoms with Crippen LogP contribution in [0.5, 0.6) is 11.5 Å². The minimum Gasteiger partial charge on any atom is -0.494 e. The SMILES string of the molecule is CCOc1ccc(NS(=O)(=O)c2ccc(OCC)c(C(N)=O)c2)cc1. The molecule has 8 heteroatoms. The summed E-state index contributed by atoms with van der Waals surface area (Å²) in [6.07, 6.45) is 0. The van der Waals surface area contributed by atoms with Crippen LogP contribution in [-0.4, -0.2) is 27.5 Å². The van der Waals surface area contributed by atoms with E-state index in [-0.39, 0.29) is 16.2 Å². The van der Waals surface area contributed by atoms with Crippen molar-refractivity contribution < 1.29 is 22.7 Å². The van der Waals surface area contributed by atoms with Gasteiger partial charge in [-0.3, -0.25) is 9.52 Å². The molecule has 134 valence electrons. The molecule has 2 rings (SSSR count). The second-order valence-corrected chi connectivity index (χ2v) is 6.70. The van der Waals surface area contributed by atoms with E-state index in [0.717, 1.165) is 0 Å². The van der Waals surface area contributed by atoms with Crippen molar-refractivity contribution in [1.29, 1.82) is 0 Å². The van der Waals surface area contributed by atoms with Crippen LogP contribution in [-0.2, 0) is 10.0 Å². The highest BCUT2D eigenvalue weighted by Crippen LogP contribution is 2.25. The Kier molecular flexibility index (Phi) is 5.87. The van der Waals surface area contributed by atoms with Crippen LogP contribution < -0.4 is 19.9 Å². The lowest BCUT2D eigenvalue weighted by Crippen LogP contribution is -2.17. The third-order valence-electron chi connectivity index (χ3n) is 3.24. The molecule has 0 bridgehead atoms. The fourth-order valence-corrected chi connectivity index (χ4v) is 3.23. The largest absolute Gasteiger partial charge is 0.494 e. The average Bonchev–Trinajstić information content (AvgIpc) is 2.57. The number of amides is 1. The van der Waals surface area contributed by atoms with Gasteiger partial charge in [0.15, 0.2) is 0 Å². The highest BCUT2D eigenvalue weighted by molar-refractivity contribution is 7.92. The Morgan fingerprint density at radius 1 is 1.04 bits per heavy atom. The van der Waals surface area contributed by atoms with E-state index in [4.69, 9.17) is 15.2 Å². The fourth-order valence-electron chi connectivity index (χ4n) is 2.15. The molecular formula is C17H20N2O5S. The van der Waals surface area contributed by atoms with E-state index in [1.165, 1.54) is 18.2 Å². The number of anilines is 1. The first-order valence-electron chi connectivity index (χ1n) is 7.69. The Morgan fingerprint density at radius 3 is 2.24 bits per heavy atom. The monoisotopic (exact) mass is 364 g/mol. The summed E-state index contributed by atoms with van der Waals surface area (Å²) in [5.41, 5.74) is 5.69. The molecule has 0 saturated heterocycles. The lowest BCUT2D eigenvalue weighted by atomic mass is 10.2. The first-order valence-corrected chi connectivity index (χ1v) is 9.18. The third kappa shape index (κ3) is 4.63. The van der Waals surface area contributed by atoms with Crippen molar-refractivity contribution in [1.82, 2.24) is 0 Å². The molecule has 7 nitrogen and oxygen atoms in total. The minimum atomic E-state index is -3.88. The molecular weight excluding hydrogens is 344 g/mol. The van der Waals surface area contributed by atoms with Crippen molar-refractivity contribution in [3.63, 3.8) is 0 Å². The molecule has 0 fully saturated rings. The smallest absolute Gasteiger partial charge is 0.261 e. The highest BCUT2D eigenvalue weighted by Gasteiger charge is 2.19. The lowest BCUT2D eigenvalue weighted by Gasteiger charge is -2.12. The minimum absolute atomic E-state index is 0.0106. The van der Waals surface area contributed by atoms with Crippen LogP contribution in [0.3, 0.4) is 0 Å². The fraction of sp³-hybridized carbons (Fsp3) is 0.235. The molecule has 0 aliphatic carbocycles. The van der Waals surface area contributed by atoms with Crippen molar-refractivity contribution in [2.75, 3.05) is 17.9 Å². The molecule has 0 unspecified atom stereocenters. The van der Waals surface area contributed by atoms with Crippen molar-refractivity contribution in [2.24, 2.45) is 5.73 Å². The summed E-state index contributed by atoms with van der Waals surface area (Å²) in [6.45, 7) is 4.46. The number of nitrogens with two attached hydrogens (primary N) is 1. The summed E-state index contributed by atoms with van der Waals surface area (Å²) in [6, 6.07) is 10.5. The number of ether oxygens (including phenoxy) is 2. The first kappa shape index (κ1) is 18.6. The summed E-state index contributed by atoms with van der Waals surface area (Å²) in [7, 11) is -3.88. The number of rotatable bonds is 8. The number of nitrogens with one attached hydrogen (secondary N) is 1. The standard InChI is InChI=1S/C17H20N2O5S/c1-3-23-13-7-5-12(6-8-13)19-25(21,22)14-9-10-16(24-4-2)15(11-14)17(18)20/h5-11,19H,3-4H2,1-2H3,(H2,18,20). The van der Waals surface area contributed by atoms with Crippen LogP contribution in [0.25, 0.3) is 0 Å². The van der Waals surface area contributed by atoms with Crippen molar-refractivity contribution in [2.45, 2.75) is 18.7 Å². The van der Waals surface area contributed by atoms with E-state index in [1.807, 2.05) is 6.92 Å². The maximum Gasteiger partial charge on any atom is 0.261 e. The summed E-state index contributed by atoms with van der Waals surface area (Å²) in [5.74, 6) is 0.124. The predicted octanol–water partition coefficient (Wildman–Crippen LogP) is 2.38. The molecule has 2 aromatic rings. The molecule has 0 radical (unpaired) electrons. The first-order chi connectivity index (χ1) is 11.9. The number of benzene rings is 2. The van der Waals surface area contributed by atoms with Crippen molar-refractivity contribution in [3.05, 3.63) is 48.0 Å². The van der Waals surface area contributed by atoms with E-state index < -0.39 is 15.9 Å². The topological polar surface area (TPSA) is 108 Å². The summed E-state index contributed by atoms with van der Waals surface area (Å²) < 4.78 is 38.1. The van der Waals surface area contributed by atoms with Gasteiger partial charge in [-0.2, -0.15) is 0 Å². The van der Waals surface area contributed by atoms with E-state index in [2.05, 4.69) is 4.72 Å². The maximum absolute atomic E-state index is 12.5. The van der Waals surface area contributed by atoms with Crippen LogP contribution in [0.4, 0.5) is 5.69 Å². The zero-order valence-corrected chi connectivity index (χ0v) is 14.8. The quantitative estimate of drug-likeness (QED) is 0.748. The van der Waals surface area contributed by atoms with Crippen LogP contribution in [0.1, 0.15) is 24.2 Å². The molecule has 0 atom stereocenters. The van der Waals surface area contributed by atoms with Gasteiger partial charge in [0.05, 0.1) is 23.7 Å². The van der Waals surface area contributed by atoms with Crippen molar-refractivity contribution >= 4 is 21.6 Å². The second-order valence-electron chi connectivity index (χ2n) is 5.02. The molecule has 0 saturated carbocycles. The third-order valence-corrected chi connectivity index (χ3v) is 4.62. The molecule has 0 heterocycles. The lowest BCUT2D eigenvalue weighted by molar-refractivity contribution is 0.0996. The van der Waals surface area contributed by atoms with Crippen LogP contribution >= 0.6 is 0 Å². The molecule has 3 N–H and O–H groups in total. The van der Waals surface area contributed by atoms with Crippen LogP contribution in [0.15, 0.2) is 47.4 Å². The number of hydrogen-bond donors (Lipinski definition) is 2. The van der Waals surface area contributed by atoms with E-state index in [0.29, 0.717) is 24.7 Å². The van der Waals surface area contributed by atoms with Gasteiger partial charge >= 0.3 is 0 Å². The Labute approximate surface area is 146 Å². The van der Waals surface area contributed by atoms with Gasteiger partial charge in [0.1, 0.15) is 11.5 Å². The van der Waals surface area contributed by atoms with Gasteiger partial charge in [0.2, 0.25) is 0 Å². The van der Waals surface area contributed by atoms with Gasteiger partial charge in [-0.25, -0.2) is 8.42 Å². The molecule has 25 heavy (non-hydrogen) atoms. The Morgan fingerprint density at radius 2 is 1.68 bits per heavy atom. The van der Waals surface area contributed by atoms with E-state index in [9.17, 15) is 13.2 Å². The Balaban J connectivity index is 2.29. The molecule has 0 spiro atoms. The number of sulfonamides is 1. The predicted molar refractivity (Wildman–Crippen MR) is 94.5 cm³/mol. The molecule has 2 aromatic carbocycles. The Bertz CT molecular complexity index is 848. The van der Waals surface area contributed by atoms with E-state index in [1.54, 1.807) is 31.2 Å². The number of primary amides is 1. The van der Waals surface area contributed by atoms with Gasteiger partial charge in [-0.15, -0.1) is 0 Å². The van der Waals surface area contributed by atoms with E-state index >= 15 is 0 Å². The maximum atomic E-state index is 12.5. The summed E-state index contributed by atoms with van der Waals surface area (Å²) in [5, 5.41) is 0. The molecule has 0 aliphatic heterocycles. The second kappa shape index (κ2) is 7.89. The molecule has 1 amide bonds.